The van der Waals surface area contributed by atoms with Crippen molar-refractivity contribution in [2.75, 3.05) is 6.54 Å². The van der Waals surface area contributed by atoms with Crippen molar-refractivity contribution >= 4 is 0 Å². The highest BCUT2D eigenvalue weighted by atomic mass is 15.0. The van der Waals surface area contributed by atoms with E-state index in [0.717, 1.165) is 24.0 Å². The van der Waals surface area contributed by atoms with E-state index in [-0.39, 0.29) is 0 Å². The van der Waals surface area contributed by atoms with E-state index >= 15 is 0 Å². The summed E-state index contributed by atoms with van der Waals surface area (Å²) in [5.41, 5.74) is 0. The van der Waals surface area contributed by atoms with E-state index in [9.17, 15) is 0 Å². The number of hydrogen-bond acceptors (Lipinski definition) is 2. The molecule has 2 fully saturated rings. The molecule has 4 unspecified atom stereocenters. The molecule has 0 saturated carbocycles. The average Bonchev–Trinajstić information content (AvgIpc) is 2.18. The van der Waals surface area contributed by atoms with Crippen molar-refractivity contribution in [1.29, 1.82) is 0 Å². The molecule has 0 aromatic rings. The van der Waals surface area contributed by atoms with Crippen LogP contribution in [0, 0.1) is 5.92 Å². The van der Waals surface area contributed by atoms with Crippen molar-refractivity contribution in [3.05, 3.63) is 0 Å². The van der Waals surface area contributed by atoms with Crippen molar-refractivity contribution in [1.82, 2.24) is 10.6 Å². The quantitative estimate of drug-likeness (QED) is 0.669. The number of rotatable bonds is 1. The molecule has 0 aliphatic carbocycles. The fraction of sp³-hybridized carbons (Fsp3) is 1.00. The molecule has 2 N–H and O–H groups in total. The van der Waals surface area contributed by atoms with Crippen molar-refractivity contribution in [3.8, 4) is 0 Å². The maximum Gasteiger partial charge on any atom is 0.00988 e. The van der Waals surface area contributed by atoms with Crippen LogP contribution in [0.15, 0.2) is 0 Å². The van der Waals surface area contributed by atoms with Crippen LogP contribution < -0.4 is 10.6 Å². The predicted octanol–water partition coefficient (Wildman–Crippen LogP) is 1.91. The van der Waals surface area contributed by atoms with Gasteiger partial charge in [0.05, 0.1) is 0 Å². The van der Waals surface area contributed by atoms with Gasteiger partial charge in [0.2, 0.25) is 0 Å². The highest BCUT2D eigenvalue weighted by Crippen LogP contribution is 2.26. The van der Waals surface area contributed by atoms with Crippen LogP contribution in [0.1, 0.15) is 46.0 Å². The first-order chi connectivity index (χ1) is 6.75. The largest absolute Gasteiger partial charge is 0.314 e. The van der Waals surface area contributed by atoms with Gasteiger partial charge in [0.15, 0.2) is 0 Å². The number of hydrogen-bond donors (Lipinski definition) is 2. The lowest BCUT2D eigenvalue weighted by atomic mass is 9.82. The van der Waals surface area contributed by atoms with Crippen molar-refractivity contribution < 1.29 is 0 Å². The SMILES string of the molecule is CC1CC(C2CCCC(C)N2)CCN1. The van der Waals surface area contributed by atoms with Gasteiger partial charge in [0.25, 0.3) is 0 Å². The van der Waals surface area contributed by atoms with E-state index in [1.807, 2.05) is 0 Å². The molecule has 4 atom stereocenters. The zero-order valence-corrected chi connectivity index (χ0v) is 9.55. The van der Waals surface area contributed by atoms with Gasteiger partial charge in [0, 0.05) is 18.1 Å². The Balaban J connectivity index is 1.86. The Morgan fingerprint density at radius 2 is 1.86 bits per heavy atom. The smallest absolute Gasteiger partial charge is 0.00988 e. The van der Waals surface area contributed by atoms with E-state index in [1.165, 1.54) is 38.6 Å². The summed E-state index contributed by atoms with van der Waals surface area (Å²) in [7, 11) is 0. The second kappa shape index (κ2) is 4.63. The molecule has 0 aromatic carbocycles. The Hall–Kier alpha value is -0.0800. The summed E-state index contributed by atoms with van der Waals surface area (Å²) in [6.07, 6.45) is 6.94. The molecular formula is C12H24N2. The van der Waals surface area contributed by atoms with Gasteiger partial charge in [-0.15, -0.1) is 0 Å². The lowest BCUT2D eigenvalue weighted by Crippen LogP contribution is -2.49. The summed E-state index contributed by atoms with van der Waals surface area (Å²) >= 11 is 0. The van der Waals surface area contributed by atoms with E-state index in [4.69, 9.17) is 0 Å². The van der Waals surface area contributed by atoms with E-state index < -0.39 is 0 Å². The molecule has 2 aliphatic rings. The maximum absolute atomic E-state index is 3.78. The van der Waals surface area contributed by atoms with E-state index in [0.29, 0.717) is 0 Å². The van der Waals surface area contributed by atoms with Gasteiger partial charge >= 0.3 is 0 Å². The van der Waals surface area contributed by atoms with E-state index in [1.54, 1.807) is 0 Å². The van der Waals surface area contributed by atoms with Crippen molar-refractivity contribution in [3.63, 3.8) is 0 Å². The molecule has 82 valence electrons. The molecule has 2 saturated heterocycles. The Labute approximate surface area is 87.8 Å². The van der Waals surface area contributed by atoms with Crippen LogP contribution in [-0.2, 0) is 0 Å². The topological polar surface area (TPSA) is 24.1 Å². The molecule has 2 heteroatoms. The third-order valence-corrected chi connectivity index (χ3v) is 3.88. The van der Waals surface area contributed by atoms with Crippen LogP contribution in [0.5, 0.6) is 0 Å². The molecule has 2 rings (SSSR count). The molecular weight excluding hydrogens is 172 g/mol. The minimum atomic E-state index is 0.729. The predicted molar refractivity (Wildman–Crippen MR) is 60.4 cm³/mol. The molecule has 0 bridgehead atoms. The monoisotopic (exact) mass is 196 g/mol. The summed E-state index contributed by atoms with van der Waals surface area (Å²) in [5, 5.41) is 7.31. The van der Waals surface area contributed by atoms with Crippen molar-refractivity contribution in [2.24, 2.45) is 5.92 Å². The average molecular weight is 196 g/mol. The third-order valence-electron chi connectivity index (χ3n) is 3.88. The van der Waals surface area contributed by atoms with Crippen LogP contribution >= 0.6 is 0 Å². The second-order valence-corrected chi connectivity index (χ2v) is 5.24. The van der Waals surface area contributed by atoms with Gasteiger partial charge in [-0.3, -0.25) is 0 Å². The third kappa shape index (κ3) is 2.48. The molecule has 2 heterocycles. The Bertz CT molecular complexity index is 161. The zero-order chi connectivity index (χ0) is 9.97. The fourth-order valence-electron chi connectivity index (χ4n) is 3.08. The minimum absolute atomic E-state index is 0.729. The Morgan fingerprint density at radius 1 is 1.00 bits per heavy atom. The van der Waals surface area contributed by atoms with Crippen LogP contribution in [0.25, 0.3) is 0 Å². The van der Waals surface area contributed by atoms with E-state index in [2.05, 4.69) is 24.5 Å². The summed E-state index contributed by atoms with van der Waals surface area (Å²) in [5.74, 6) is 0.925. The molecule has 2 nitrogen and oxygen atoms in total. The van der Waals surface area contributed by atoms with Gasteiger partial charge in [-0.1, -0.05) is 6.42 Å². The Kier molecular flexibility index (Phi) is 3.45. The molecule has 0 aromatic heterocycles. The van der Waals surface area contributed by atoms with Gasteiger partial charge in [0.1, 0.15) is 0 Å². The van der Waals surface area contributed by atoms with Gasteiger partial charge in [-0.05, 0) is 52.0 Å². The molecule has 0 spiro atoms. The van der Waals surface area contributed by atoms with Crippen LogP contribution in [0.2, 0.25) is 0 Å². The summed E-state index contributed by atoms with van der Waals surface area (Å²) < 4.78 is 0. The molecule has 0 amide bonds. The summed E-state index contributed by atoms with van der Waals surface area (Å²) in [4.78, 5) is 0. The van der Waals surface area contributed by atoms with Gasteiger partial charge in [-0.2, -0.15) is 0 Å². The highest BCUT2D eigenvalue weighted by Gasteiger charge is 2.28. The lowest BCUT2D eigenvalue weighted by Gasteiger charge is -2.38. The minimum Gasteiger partial charge on any atom is -0.314 e. The first-order valence-corrected chi connectivity index (χ1v) is 6.25. The molecule has 0 radical (unpaired) electrons. The zero-order valence-electron chi connectivity index (χ0n) is 9.55. The molecule has 2 aliphatic heterocycles. The van der Waals surface area contributed by atoms with Gasteiger partial charge in [-0.25, -0.2) is 0 Å². The first-order valence-electron chi connectivity index (χ1n) is 6.25. The fourth-order valence-corrected chi connectivity index (χ4v) is 3.08. The molecule has 14 heavy (non-hydrogen) atoms. The maximum atomic E-state index is 3.78. The van der Waals surface area contributed by atoms with Gasteiger partial charge < -0.3 is 10.6 Å². The van der Waals surface area contributed by atoms with Crippen molar-refractivity contribution in [2.45, 2.75) is 64.1 Å². The first kappa shape index (κ1) is 10.4. The Morgan fingerprint density at radius 3 is 2.57 bits per heavy atom. The normalized spacial score (nSPS) is 45.0. The lowest BCUT2D eigenvalue weighted by molar-refractivity contribution is 0.197. The van der Waals surface area contributed by atoms with Crippen LogP contribution in [-0.4, -0.2) is 24.7 Å². The number of piperidine rings is 2. The standard InChI is InChI=1S/C12H24N2/c1-9-4-3-5-12(14-9)11-6-7-13-10(2)8-11/h9-14H,3-8H2,1-2H3. The second-order valence-electron chi connectivity index (χ2n) is 5.24. The highest BCUT2D eigenvalue weighted by molar-refractivity contribution is 4.87. The summed E-state index contributed by atoms with van der Waals surface area (Å²) in [6, 6.07) is 2.29. The summed E-state index contributed by atoms with van der Waals surface area (Å²) in [6.45, 7) is 5.87. The number of nitrogens with one attached hydrogen (secondary N) is 2. The van der Waals surface area contributed by atoms with Crippen LogP contribution in [0.4, 0.5) is 0 Å². The van der Waals surface area contributed by atoms with Crippen LogP contribution in [0.3, 0.4) is 0 Å².